The SMILES string of the molecule is COCC(C)NC(=O)COC(=O)C1CC(=O)N(c2ccc(SC)cc2)C1. The maximum absolute atomic E-state index is 12.2. The largest absolute Gasteiger partial charge is 0.455 e. The van der Waals surface area contributed by atoms with Gasteiger partial charge in [-0.1, -0.05) is 0 Å². The lowest BCUT2D eigenvalue weighted by molar-refractivity contribution is -0.152. The molecule has 26 heavy (non-hydrogen) atoms. The van der Waals surface area contributed by atoms with Crippen molar-refractivity contribution in [2.24, 2.45) is 5.92 Å². The van der Waals surface area contributed by atoms with E-state index < -0.39 is 17.8 Å². The van der Waals surface area contributed by atoms with Crippen LogP contribution >= 0.6 is 11.8 Å². The molecular weight excluding hydrogens is 356 g/mol. The molecule has 1 aromatic carbocycles. The number of carbonyl (C=O) groups is 3. The predicted octanol–water partition coefficient (Wildman–Crippen LogP) is 1.46. The summed E-state index contributed by atoms with van der Waals surface area (Å²) in [6.45, 7) is 2.07. The minimum atomic E-state index is -0.563. The van der Waals surface area contributed by atoms with E-state index in [0.29, 0.717) is 6.61 Å². The van der Waals surface area contributed by atoms with Gasteiger partial charge in [0, 0.05) is 36.7 Å². The summed E-state index contributed by atoms with van der Waals surface area (Å²) >= 11 is 1.62. The van der Waals surface area contributed by atoms with E-state index in [-0.39, 0.29) is 31.5 Å². The summed E-state index contributed by atoms with van der Waals surface area (Å²) in [4.78, 5) is 38.8. The summed E-state index contributed by atoms with van der Waals surface area (Å²) in [5.41, 5.74) is 0.759. The summed E-state index contributed by atoms with van der Waals surface area (Å²) in [6, 6.07) is 7.43. The highest BCUT2D eigenvalue weighted by atomic mass is 32.2. The number of benzene rings is 1. The van der Waals surface area contributed by atoms with Crippen LogP contribution < -0.4 is 10.2 Å². The van der Waals surface area contributed by atoms with Gasteiger partial charge < -0.3 is 19.7 Å². The first kappa shape index (κ1) is 20.3. The predicted molar refractivity (Wildman–Crippen MR) is 99.1 cm³/mol. The van der Waals surface area contributed by atoms with Crippen molar-refractivity contribution in [3.63, 3.8) is 0 Å². The van der Waals surface area contributed by atoms with Crippen LogP contribution in [0.3, 0.4) is 0 Å². The fraction of sp³-hybridized carbons (Fsp3) is 0.500. The van der Waals surface area contributed by atoms with Crippen LogP contribution in [0.1, 0.15) is 13.3 Å². The summed E-state index contributed by atoms with van der Waals surface area (Å²) < 4.78 is 9.99. The number of esters is 1. The average Bonchev–Trinajstić information content (AvgIpc) is 3.01. The van der Waals surface area contributed by atoms with Crippen LogP contribution in [0, 0.1) is 5.92 Å². The van der Waals surface area contributed by atoms with E-state index in [1.54, 1.807) is 30.7 Å². The Kier molecular flexibility index (Phi) is 7.47. The standard InChI is InChI=1S/C18H24N2O5S/c1-12(10-24-2)19-16(21)11-25-18(23)13-8-17(22)20(9-13)14-4-6-15(26-3)7-5-14/h4-7,12-13H,8-11H2,1-3H3,(H,19,21). The number of ether oxygens (including phenoxy) is 2. The number of thioether (sulfide) groups is 1. The highest BCUT2D eigenvalue weighted by molar-refractivity contribution is 7.98. The number of methoxy groups -OCH3 is 1. The van der Waals surface area contributed by atoms with Crippen molar-refractivity contribution < 1.29 is 23.9 Å². The summed E-state index contributed by atoms with van der Waals surface area (Å²) in [6.07, 6.45) is 2.07. The highest BCUT2D eigenvalue weighted by Gasteiger charge is 2.36. The summed E-state index contributed by atoms with van der Waals surface area (Å²) in [7, 11) is 1.54. The van der Waals surface area contributed by atoms with Crippen LogP contribution in [0.25, 0.3) is 0 Å². The second kappa shape index (κ2) is 9.59. The second-order valence-corrected chi connectivity index (χ2v) is 7.01. The van der Waals surface area contributed by atoms with Crippen molar-refractivity contribution in [3.05, 3.63) is 24.3 Å². The molecule has 1 heterocycles. The maximum Gasteiger partial charge on any atom is 0.311 e. The van der Waals surface area contributed by atoms with Crippen molar-refractivity contribution in [1.82, 2.24) is 5.32 Å². The number of nitrogens with zero attached hydrogens (tertiary/aromatic N) is 1. The molecule has 1 aliphatic rings. The quantitative estimate of drug-likeness (QED) is 0.543. The van der Waals surface area contributed by atoms with Gasteiger partial charge in [-0.3, -0.25) is 14.4 Å². The van der Waals surface area contributed by atoms with Crippen LogP contribution in [0.2, 0.25) is 0 Å². The molecule has 2 rings (SSSR count). The van der Waals surface area contributed by atoms with E-state index in [9.17, 15) is 14.4 Å². The highest BCUT2D eigenvalue weighted by Crippen LogP contribution is 2.27. The third-order valence-corrected chi connectivity index (χ3v) is 4.76. The molecule has 1 N–H and O–H groups in total. The third kappa shape index (κ3) is 5.47. The summed E-state index contributed by atoms with van der Waals surface area (Å²) in [5, 5.41) is 2.66. The number of nitrogens with one attached hydrogen (secondary N) is 1. The minimum absolute atomic E-state index is 0.0881. The fourth-order valence-electron chi connectivity index (χ4n) is 2.74. The monoisotopic (exact) mass is 380 g/mol. The van der Waals surface area contributed by atoms with Gasteiger partial charge in [0.2, 0.25) is 5.91 Å². The van der Waals surface area contributed by atoms with Crippen LogP contribution in [-0.4, -0.2) is 56.9 Å². The number of carbonyl (C=O) groups excluding carboxylic acids is 3. The molecule has 0 aromatic heterocycles. The van der Waals surface area contributed by atoms with Crippen molar-refractivity contribution in [1.29, 1.82) is 0 Å². The lowest BCUT2D eigenvalue weighted by Crippen LogP contribution is -2.38. The molecule has 2 amide bonds. The zero-order valence-electron chi connectivity index (χ0n) is 15.2. The first-order chi connectivity index (χ1) is 12.4. The summed E-state index contributed by atoms with van der Waals surface area (Å²) in [5.74, 6) is -1.61. The van der Waals surface area contributed by atoms with Crippen LogP contribution in [0.5, 0.6) is 0 Å². The number of rotatable bonds is 8. The number of anilines is 1. The molecule has 2 unspecified atom stereocenters. The number of hydrogen-bond acceptors (Lipinski definition) is 6. The third-order valence-electron chi connectivity index (χ3n) is 4.01. The van der Waals surface area contributed by atoms with Gasteiger partial charge in [-0.15, -0.1) is 11.8 Å². The topological polar surface area (TPSA) is 84.9 Å². The van der Waals surface area contributed by atoms with E-state index in [4.69, 9.17) is 9.47 Å². The molecule has 1 fully saturated rings. The van der Waals surface area contributed by atoms with Crippen molar-refractivity contribution >= 4 is 35.2 Å². The zero-order valence-corrected chi connectivity index (χ0v) is 16.0. The Morgan fingerprint density at radius 3 is 2.65 bits per heavy atom. The van der Waals surface area contributed by atoms with Gasteiger partial charge in [0.15, 0.2) is 6.61 Å². The van der Waals surface area contributed by atoms with Gasteiger partial charge in [-0.25, -0.2) is 0 Å². The molecule has 1 aromatic rings. The van der Waals surface area contributed by atoms with Gasteiger partial charge in [0.25, 0.3) is 5.91 Å². The molecule has 2 atom stereocenters. The molecule has 1 saturated heterocycles. The number of amides is 2. The van der Waals surface area contributed by atoms with Gasteiger partial charge in [0.1, 0.15) is 0 Å². The fourth-order valence-corrected chi connectivity index (χ4v) is 3.15. The van der Waals surface area contributed by atoms with E-state index in [0.717, 1.165) is 10.6 Å². The lowest BCUT2D eigenvalue weighted by Gasteiger charge is -2.17. The Morgan fingerprint density at radius 2 is 2.04 bits per heavy atom. The second-order valence-electron chi connectivity index (χ2n) is 6.14. The lowest BCUT2D eigenvalue weighted by atomic mass is 10.1. The molecule has 8 heteroatoms. The Labute approximate surface area is 157 Å². The maximum atomic E-state index is 12.2. The Hall–Kier alpha value is -2.06. The van der Waals surface area contributed by atoms with E-state index in [1.165, 1.54) is 0 Å². The van der Waals surface area contributed by atoms with Gasteiger partial charge in [-0.05, 0) is 37.4 Å². The molecule has 1 aliphatic heterocycles. The molecule has 7 nitrogen and oxygen atoms in total. The molecule has 0 spiro atoms. The van der Waals surface area contributed by atoms with Gasteiger partial charge in [-0.2, -0.15) is 0 Å². The molecule has 0 radical (unpaired) electrons. The van der Waals surface area contributed by atoms with Crippen molar-refractivity contribution in [3.8, 4) is 0 Å². The van der Waals surface area contributed by atoms with Crippen LogP contribution in [0.4, 0.5) is 5.69 Å². The van der Waals surface area contributed by atoms with Crippen molar-refractivity contribution in [2.75, 3.05) is 38.0 Å². The Bertz CT molecular complexity index is 649. The normalized spacial score (nSPS) is 17.9. The average molecular weight is 380 g/mol. The molecule has 142 valence electrons. The molecule has 0 bridgehead atoms. The Balaban J connectivity index is 1.85. The van der Waals surface area contributed by atoms with Crippen LogP contribution in [0.15, 0.2) is 29.2 Å². The molecular formula is C18H24N2O5S. The smallest absolute Gasteiger partial charge is 0.311 e. The van der Waals surface area contributed by atoms with Gasteiger partial charge >= 0.3 is 5.97 Å². The number of hydrogen-bond donors (Lipinski definition) is 1. The van der Waals surface area contributed by atoms with E-state index in [2.05, 4.69) is 5.32 Å². The minimum Gasteiger partial charge on any atom is -0.455 e. The molecule has 0 aliphatic carbocycles. The van der Waals surface area contributed by atoms with Crippen molar-refractivity contribution in [2.45, 2.75) is 24.3 Å². The van der Waals surface area contributed by atoms with E-state index >= 15 is 0 Å². The molecule has 0 saturated carbocycles. The van der Waals surface area contributed by atoms with Gasteiger partial charge in [0.05, 0.1) is 12.5 Å². The first-order valence-electron chi connectivity index (χ1n) is 8.34. The zero-order chi connectivity index (χ0) is 19.1. The first-order valence-corrected chi connectivity index (χ1v) is 9.56. The Morgan fingerprint density at radius 1 is 1.35 bits per heavy atom. The van der Waals surface area contributed by atoms with Crippen LogP contribution in [-0.2, 0) is 23.9 Å². The van der Waals surface area contributed by atoms with E-state index in [1.807, 2.05) is 30.5 Å².